The van der Waals surface area contributed by atoms with Crippen LogP contribution in [0.25, 0.3) is 10.9 Å². The van der Waals surface area contributed by atoms with Crippen LogP contribution in [-0.2, 0) is 0 Å². The minimum atomic E-state index is -0.632. The minimum absolute atomic E-state index is 0.203. The third-order valence-electron chi connectivity index (χ3n) is 4.46. The Morgan fingerprint density at radius 1 is 0.920 bits per heavy atom. The molecule has 1 aliphatic rings. The molecule has 5 nitrogen and oxygen atoms in total. The van der Waals surface area contributed by atoms with Gasteiger partial charge in [0, 0.05) is 55.7 Å². The molecule has 0 amide bonds. The van der Waals surface area contributed by atoms with E-state index in [4.69, 9.17) is 0 Å². The van der Waals surface area contributed by atoms with Gasteiger partial charge in [0.2, 0.25) is 0 Å². The maximum atomic E-state index is 14.0. The van der Waals surface area contributed by atoms with Crippen molar-refractivity contribution in [2.24, 2.45) is 0 Å². The third kappa shape index (κ3) is 3.09. The van der Waals surface area contributed by atoms with Crippen molar-refractivity contribution in [3.63, 3.8) is 0 Å². The van der Waals surface area contributed by atoms with Gasteiger partial charge in [-0.3, -0.25) is 4.98 Å². The van der Waals surface area contributed by atoms with Gasteiger partial charge in [-0.05, 0) is 30.7 Å². The zero-order valence-electron chi connectivity index (χ0n) is 13.6. The van der Waals surface area contributed by atoms with Crippen LogP contribution in [0.4, 0.5) is 20.3 Å². The Hall–Kier alpha value is -2.83. The summed E-state index contributed by atoms with van der Waals surface area (Å²) in [6, 6.07) is 7.85. The van der Waals surface area contributed by atoms with E-state index < -0.39 is 11.6 Å². The Kier molecular flexibility index (Phi) is 4.13. The van der Waals surface area contributed by atoms with Crippen molar-refractivity contribution < 1.29 is 8.78 Å². The number of nitrogens with zero attached hydrogens (tertiary/aromatic N) is 5. The molecule has 3 aromatic rings. The van der Waals surface area contributed by atoms with Gasteiger partial charge in [-0.2, -0.15) is 5.10 Å². The molecule has 0 atom stereocenters. The molecule has 0 N–H and O–H groups in total. The number of halogens is 2. The summed E-state index contributed by atoms with van der Waals surface area (Å²) in [7, 11) is 0. The summed E-state index contributed by atoms with van der Waals surface area (Å²) in [5.41, 5.74) is 1.01. The monoisotopic (exact) mass is 341 g/mol. The summed E-state index contributed by atoms with van der Waals surface area (Å²) in [4.78, 5) is 8.40. The molecule has 128 valence electrons. The average molecular weight is 341 g/mol. The van der Waals surface area contributed by atoms with E-state index >= 15 is 0 Å². The number of rotatable bonds is 2. The second-order valence-electron chi connectivity index (χ2n) is 6.02. The van der Waals surface area contributed by atoms with Crippen molar-refractivity contribution in [1.29, 1.82) is 0 Å². The molecule has 3 heterocycles. The lowest BCUT2D eigenvalue weighted by Gasteiger charge is -2.25. The smallest absolute Gasteiger partial charge is 0.152 e. The van der Waals surface area contributed by atoms with Gasteiger partial charge in [0.05, 0.1) is 0 Å². The molecule has 7 heteroatoms. The highest BCUT2D eigenvalue weighted by molar-refractivity contribution is 5.92. The summed E-state index contributed by atoms with van der Waals surface area (Å²) in [6.45, 7) is 3.16. The van der Waals surface area contributed by atoms with Crippen molar-refractivity contribution >= 4 is 22.4 Å². The highest BCUT2D eigenvalue weighted by atomic mass is 19.1. The van der Waals surface area contributed by atoms with E-state index in [1.165, 1.54) is 6.07 Å². The van der Waals surface area contributed by atoms with Crippen LogP contribution in [0.5, 0.6) is 0 Å². The summed E-state index contributed by atoms with van der Waals surface area (Å²) < 4.78 is 27.7. The number of benzene rings is 1. The SMILES string of the molecule is Fc1cc(F)c2nccc(N3CCCN(c4cccnn4)CC3)c2c1. The maximum Gasteiger partial charge on any atom is 0.152 e. The van der Waals surface area contributed by atoms with E-state index in [0.29, 0.717) is 5.39 Å². The molecular formula is C18H17F2N5. The molecule has 25 heavy (non-hydrogen) atoms. The molecule has 0 aliphatic carbocycles. The largest absolute Gasteiger partial charge is 0.369 e. The average Bonchev–Trinajstić information content (AvgIpc) is 2.88. The molecule has 4 rings (SSSR count). The summed E-state index contributed by atoms with van der Waals surface area (Å²) in [5, 5.41) is 8.60. The fraction of sp³-hybridized carbons (Fsp3) is 0.278. The van der Waals surface area contributed by atoms with Crippen LogP contribution >= 0.6 is 0 Å². The summed E-state index contributed by atoms with van der Waals surface area (Å²) in [6.07, 6.45) is 4.14. The lowest BCUT2D eigenvalue weighted by atomic mass is 10.1. The standard InChI is InChI=1S/C18H17F2N5/c19-13-11-14-16(4-6-21-18(14)15(20)12-13)24-7-2-8-25(10-9-24)17-3-1-5-22-23-17/h1,3-6,11-12H,2,7-10H2. The zero-order valence-corrected chi connectivity index (χ0v) is 13.6. The van der Waals surface area contributed by atoms with Crippen LogP contribution in [0.3, 0.4) is 0 Å². The molecule has 2 aromatic heterocycles. The van der Waals surface area contributed by atoms with Gasteiger partial charge in [0.15, 0.2) is 11.6 Å². The first kappa shape index (κ1) is 15.7. The van der Waals surface area contributed by atoms with Crippen molar-refractivity contribution in [2.75, 3.05) is 36.0 Å². The van der Waals surface area contributed by atoms with Gasteiger partial charge in [-0.15, -0.1) is 5.10 Å². The van der Waals surface area contributed by atoms with Crippen molar-refractivity contribution in [2.45, 2.75) is 6.42 Å². The third-order valence-corrected chi connectivity index (χ3v) is 4.46. The second kappa shape index (κ2) is 6.58. The molecule has 0 unspecified atom stereocenters. The quantitative estimate of drug-likeness (QED) is 0.717. The van der Waals surface area contributed by atoms with Crippen LogP contribution in [0, 0.1) is 11.6 Å². The van der Waals surface area contributed by atoms with Gasteiger partial charge in [-0.25, -0.2) is 8.78 Å². The molecule has 0 saturated carbocycles. The Labute approximate surface area is 143 Å². The number of hydrogen-bond donors (Lipinski definition) is 0. The first-order valence-electron chi connectivity index (χ1n) is 8.24. The summed E-state index contributed by atoms with van der Waals surface area (Å²) in [5.74, 6) is -0.371. The maximum absolute atomic E-state index is 14.0. The Bertz CT molecular complexity index is 887. The fourth-order valence-corrected chi connectivity index (χ4v) is 3.29. The van der Waals surface area contributed by atoms with Gasteiger partial charge >= 0.3 is 0 Å². The van der Waals surface area contributed by atoms with Crippen LogP contribution < -0.4 is 9.80 Å². The predicted molar refractivity (Wildman–Crippen MR) is 92.7 cm³/mol. The van der Waals surface area contributed by atoms with Crippen LogP contribution in [0.1, 0.15) is 6.42 Å². The van der Waals surface area contributed by atoms with E-state index in [2.05, 4.69) is 25.0 Å². The van der Waals surface area contributed by atoms with E-state index in [1.807, 2.05) is 18.2 Å². The first-order valence-corrected chi connectivity index (χ1v) is 8.24. The van der Waals surface area contributed by atoms with E-state index in [0.717, 1.165) is 50.2 Å². The van der Waals surface area contributed by atoms with Gasteiger partial charge in [-0.1, -0.05) is 0 Å². The Balaban J connectivity index is 1.64. The number of anilines is 2. The minimum Gasteiger partial charge on any atom is -0.369 e. The van der Waals surface area contributed by atoms with Crippen LogP contribution in [-0.4, -0.2) is 41.4 Å². The van der Waals surface area contributed by atoms with Crippen LogP contribution in [0.2, 0.25) is 0 Å². The molecular weight excluding hydrogens is 324 g/mol. The Morgan fingerprint density at radius 3 is 2.60 bits per heavy atom. The molecule has 0 bridgehead atoms. The normalized spacial score (nSPS) is 15.4. The van der Waals surface area contributed by atoms with E-state index in [-0.39, 0.29) is 5.52 Å². The van der Waals surface area contributed by atoms with E-state index in [9.17, 15) is 8.78 Å². The number of hydrogen-bond acceptors (Lipinski definition) is 5. The highest BCUT2D eigenvalue weighted by Crippen LogP contribution is 2.29. The summed E-state index contributed by atoms with van der Waals surface area (Å²) >= 11 is 0. The van der Waals surface area contributed by atoms with Gasteiger partial charge in [0.1, 0.15) is 11.3 Å². The molecule has 1 aliphatic heterocycles. The van der Waals surface area contributed by atoms with Crippen molar-refractivity contribution in [1.82, 2.24) is 15.2 Å². The molecule has 1 saturated heterocycles. The van der Waals surface area contributed by atoms with E-state index in [1.54, 1.807) is 12.4 Å². The zero-order chi connectivity index (χ0) is 17.2. The van der Waals surface area contributed by atoms with Gasteiger partial charge < -0.3 is 9.80 Å². The number of aromatic nitrogens is 3. The van der Waals surface area contributed by atoms with Crippen molar-refractivity contribution in [3.8, 4) is 0 Å². The molecule has 1 fully saturated rings. The first-order chi connectivity index (χ1) is 12.2. The predicted octanol–water partition coefficient (Wildman–Crippen LogP) is 3.02. The number of pyridine rings is 1. The Morgan fingerprint density at radius 2 is 1.76 bits per heavy atom. The van der Waals surface area contributed by atoms with Gasteiger partial charge in [0.25, 0.3) is 0 Å². The van der Waals surface area contributed by atoms with Crippen molar-refractivity contribution in [3.05, 3.63) is 54.4 Å². The lowest BCUT2D eigenvalue weighted by molar-refractivity contribution is 0.590. The highest BCUT2D eigenvalue weighted by Gasteiger charge is 2.19. The molecule has 0 radical (unpaired) electrons. The topological polar surface area (TPSA) is 45.2 Å². The second-order valence-corrected chi connectivity index (χ2v) is 6.02. The molecule has 0 spiro atoms. The molecule has 1 aromatic carbocycles. The number of fused-ring (bicyclic) bond motifs is 1. The fourth-order valence-electron chi connectivity index (χ4n) is 3.29. The van der Waals surface area contributed by atoms with Crippen LogP contribution in [0.15, 0.2) is 42.7 Å². The lowest BCUT2D eigenvalue weighted by Crippen LogP contribution is -2.31.